The van der Waals surface area contributed by atoms with Gasteiger partial charge in [0.1, 0.15) is 0 Å². The maximum atomic E-state index is 10.6. The second-order valence-corrected chi connectivity index (χ2v) is 6.69. The van der Waals surface area contributed by atoms with Crippen LogP contribution < -0.4 is 0 Å². The number of aryl methyl sites for hydroxylation is 1. The highest BCUT2D eigenvalue weighted by Gasteiger charge is 2.26. The Morgan fingerprint density at radius 1 is 1.10 bits per heavy atom. The van der Waals surface area contributed by atoms with Crippen molar-refractivity contribution in [3.63, 3.8) is 0 Å². The summed E-state index contributed by atoms with van der Waals surface area (Å²) in [5.74, 6) is 0.519. The molecule has 1 N–H and O–H groups in total. The fourth-order valence-corrected chi connectivity index (χ4v) is 2.29. The van der Waals surface area contributed by atoms with E-state index in [1.165, 1.54) is 5.56 Å². The van der Waals surface area contributed by atoms with Crippen LogP contribution in [0.5, 0.6) is 5.88 Å². The topological polar surface area (TPSA) is 38.0 Å². The molecule has 1 aromatic carbocycles. The average Bonchev–Trinajstić information content (AvgIpc) is 2.68. The molecule has 0 bridgehead atoms. The lowest BCUT2D eigenvalue weighted by atomic mass is 9.99. The van der Waals surface area contributed by atoms with Gasteiger partial charge in [0.15, 0.2) is 0 Å². The van der Waals surface area contributed by atoms with Crippen LogP contribution in [0.3, 0.4) is 0 Å². The quantitative estimate of drug-likeness (QED) is 0.877. The molecule has 0 saturated carbocycles. The maximum absolute atomic E-state index is 10.6. The molecule has 3 heteroatoms. The molecule has 1 heterocycles. The largest absolute Gasteiger partial charge is 0.493 e. The molecule has 2 aromatic rings. The number of aromatic hydroxyl groups is 1. The number of rotatable bonds is 2. The van der Waals surface area contributed by atoms with E-state index in [4.69, 9.17) is 0 Å². The molecule has 0 aliphatic rings. The Morgan fingerprint density at radius 3 is 2.10 bits per heavy atom. The highest BCUT2D eigenvalue weighted by molar-refractivity contribution is 5.72. The van der Waals surface area contributed by atoms with Gasteiger partial charge in [-0.25, -0.2) is 4.68 Å². The monoisotopic (exact) mass is 272 g/mol. The maximum Gasteiger partial charge on any atom is 0.218 e. The molecule has 0 aliphatic carbocycles. The first kappa shape index (κ1) is 14.6. The summed E-state index contributed by atoms with van der Waals surface area (Å²) in [5.41, 5.74) is 3.79. The molecule has 108 valence electrons. The van der Waals surface area contributed by atoms with Gasteiger partial charge < -0.3 is 5.11 Å². The Bertz CT molecular complexity index is 601. The molecule has 0 aliphatic heterocycles. The van der Waals surface area contributed by atoms with Gasteiger partial charge in [0.25, 0.3) is 0 Å². The van der Waals surface area contributed by atoms with Crippen molar-refractivity contribution in [1.82, 2.24) is 9.78 Å². The minimum absolute atomic E-state index is 0.239. The van der Waals surface area contributed by atoms with Crippen molar-refractivity contribution >= 4 is 0 Å². The Hall–Kier alpha value is -1.77. The summed E-state index contributed by atoms with van der Waals surface area (Å²) in [7, 11) is 0. The minimum Gasteiger partial charge on any atom is -0.493 e. The van der Waals surface area contributed by atoms with Crippen molar-refractivity contribution in [3.05, 3.63) is 35.5 Å². The summed E-state index contributed by atoms with van der Waals surface area (Å²) < 4.78 is 1.72. The average molecular weight is 272 g/mol. The van der Waals surface area contributed by atoms with E-state index in [1.807, 2.05) is 32.9 Å². The van der Waals surface area contributed by atoms with E-state index in [0.717, 1.165) is 16.8 Å². The van der Waals surface area contributed by atoms with Crippen LogP contribution in [-0.4, -0.2) is 14.9 Å². The van der Waals surface area contributed by atoms with Crippen molar-refractivity contribution in [2.24, 2.45) is 0 Å². The van der Waals surface area contributed by atoms with Crippen LogP contribution in [0.25, 0.3) is 11.1 Å². The van der Waals surface area contributed by atoms with Crippen molar-refractivity contribution in [2.45, 2.75) is 53.0 Å². The molecule has 0 atom stereocenters. The lowest BCUT2D eigenvalue weighted by molar-refractivity contribution is 0.294. The number of hydrogen-bond donors (Lipinski definition) is 1. The molecule has 0 spiro atoms. The van der Waals surface area contributed by atoms with Gasteiger partial charge in [-0.15, -0.1) is 0 Å². The normalized spacial score (nSPS) is 12.2. The number of hydrogen-bond acceptors (Lipinski definition) is 2. The molecule has 0 amide bonds. The summed E-state index contributed by atoms with van der Waals surface area (Å²) in [6.45, 7) is 12.4. The molecular formula is C17H24N2O. The highest BCUT2D eigenvalue weighted by Crippen LogP contribution is 2.38. The van der Waals surface area contributed by atoms with Crippen LogP contribution in [0.15, 0.2) is 24.3 Å². The van der Waals surface area contributed by atoms with Crippen LogP contribution >= 0.6 is 0 Å². The van der Waals surface area contributed by atoms with Gasteiger partial charge in [-0.2, -0.15) is 5.10 Å². The molecule has 20 heavy (non-hydrogen) atoms. The molecule has 0 fully saturated rings. The first-order valence-corrected chi connectivity index (χ1v) is 7.11. The SMILES string of the molecule is Cc1ccc(-c2c(C(C)C)nn(C(C)(C)C)c2O)cc1. The first-order chi connectivity index (χ1) is 9.21. The Balaban J connectivity index is 2.67. The van der Waals surface area contributed by atoms with Crippen LogP contribution in [0.1, 0.15) is 51.8 Å². The van der Waals surface area contributed by atoms with Crippen molar-refractivity contribution < 1.29 is 5.11 Å². The first-order valence-electron chi connectivity index (χ1n) is 7.11. The lowest BCUT2D eigenvalue weighted by Gasteiger charge is -2.20. The molecular weight excluding hydrogens is 248 g/mol. The van der Waals surface area contributed by atoms with Gasteiger partial charge in [0.2, 0.25) is 5.88 Å². The van der Waals surface area contributed by atoms with Crippen LogP contribution in [0, 0.1) is 6.92 Å². The van der Waals surface area contributed by atoms with Gasteiger partial charge in [0.05, 0.1) is 16.8 Å². The Kier molecular flexibility index (Phi) is 3.63. The van der Waals surface area contributed by atoms with Crippen molar-refractivity contribution in [2.75, 3.05) is 0 Å². The summed E-state index contributed by atoms with van der Waals surface area (Å²) in [4.78, 5) is 0. The number of nitrogens with zero attached hydrogens (tertiary/aromatic N) is 2. The Labute approximate surface area is 121 Å². The third-order valence-corrected chi connectivity index (χ3v) is 3.41. The zero-order valence-corrected chi connectivity index (χ0v) is 13.2. The van der Waals surface area contributed by atoms with E-state index < -0.39 is 0 Å². The predicted octanol–water partition coefficient (Wildman–Crippen LogP) is 4.44. The molecule has 1 aromatic heterocycles. The summed E-state index contributed by atoms with van der Waals surface area (Å²) in [6.07, 6.45) is 0. The van der Waals surface area contributed by atoms with E-state index in [1.54, 1.807) is 4.68 Å². The van der Waals surface area contributed by atoms with Gasteiger partial charge >= 0.3 is 0 Å². The van der Waals surface area contributed by atoms with E-state index in [2.05, 4.69) is 38.0 Å². The third kappa shape index (κ3) is 2.58. The van der Waals surface area contributed by atoms with Gasteiger partial charge in [-0.3, -0.25) is 0 Å². The van der Waals surface area contributed by atoms with Crippen molar-refractivity contribution in [3.8, 4) is 17.0 Å². The van der Waals surface area contributed by atoms with Crippen LogP contribution in [-0.2, 0) is 5.54 Å². The summed E-state index contributed by atoms with van der Waals surface area (Å²) in [6, 6.07) is 8.22. The van der Waals surface area contributed by atoms with Gasteiger partial charge in [-0.05, 0) is 39.2 Å². The zero-order valence-electron chi connectivity index (χ0n) is 13.2. The standard InChI is InChI=1S/C17H24N2O/c1-11(2)15-14(13-9-7-12(3)8-10-13)16(20)19(18-15)17(4,5)6/h7-11,20H,1-6H3. The number of benzene rings is 1. The Morgan fingerprint density at radius 2 is 1.65 bits per heavy atom. The molecule has 2 rings (SSSR count). The highest BCUT2D eigenvalue weighted by atomic mass is 16.3. The van der Waals surface area contributed by atoms with Gasteiger partial charge in [0, 0.05) is 0 Å². The van der Waals surface area contributed by atoms with E-state index >= 15 is 0 Å². The summed E-state index contributed by atoms with van der Waals surface area (Å²) in [5, 5.41) is 15.3. The predicted molar refractivity (Wildman–Crippen MR) is 83.1 cm³/mol. The third-order valence-electron chi connectivity index (χ3n) is 3.41. The number of aromatic nitrogens is 2. The van der Waals surface area contributed by atoms with E-state index in [9.17, 15) is 5.11 Å². The molecule has 3 nitrogen and oxygen atoms in total. The fourth-order valence-electron chi connectivity index (χ4n) is 2.29. The van der Waals surface area contributed by atoms with E-state index in [0.29, 0.717) is 0 Å². The molecule has 0 unspecified atom stereocenters. The minimum atomic E-state index is -0.239. The lowest BCUT2D eigenvalue weighted by Crippen LogP contribution is -2.22. The zero-order chi connectivity index (χ0) is 15.1. The van der Waals surface area contributed by atoms with Crippen LogP contribution in [0.2, 0.25) is 0 Å². The van der Waals surface area contributed by atoms with E-state index in [-0.39, 0.29) is 17.3 Å². The van der Waals surface area contributed by atoms with Crippen molar-refractivity contribution in [1.29, 1.82) is 0 Å². The van der Waals surface area contributed by atoms with Gasteiger partial charge in [-0.1, -0.05) is 43.7 Å². The van der Waals surface area contributed by atoms with Crippen LogP contribution in [0.4, 0.5) is 0 Å². The fraction of sp³-hybridized carbons (Fsp3) is 0.471. The summed E-state index contributed by atoms with van der Waals surface area (Å²) >= 11 is 0. The smallest absolute Gasteiger partial charge is 0.218 e. The molecule has 0 saturated heterocycles. The molecule has 0 radical (unpaired) electrons. The second kappa shape index (κ2) is 4.97. The second-order valence-electron chi connectivity index (χ2n) is 6.69.